The number of alkyl halides is 1. The predicted molar refractivity (Wildman–Crippen MR) is 107 cm³/mol. The fourth-order valence-corrected chi connectivity index (χ4v) is 3.21. The van der Waals surface area contributed by atoms with Crippen molar-refractivity contribution in [2.45, 2.75) is 52.8 Å². The fourth-order valence-electron chi connectivity index (χ4n) is 3.21. The SMILES string of the molecule is CCc1c(Cn2ccnc2C2=NC=CCCC2F)ncn(C(=N)C(C)C)c1=N. The lowest BCUT2D eigenvalue weighted by Crippen LogP contribution is -2.34. The van der Waals surface area contributed by atoms with Crippen LogP contribution >= 0.6 is 0 Å². The second-order valence-electron chi connectivity index (χ2n) is 7.10. The Balaban J connectivity index is 1.98. The van der Waals surface area contributed by atoms with Gasteiger partial charge in [0.25, 0.3) is 0 Å². The Bertz CT molecular complexity index is 981. The average Bonchev–Trinajstić information content (AvgIpc) is 3.01. The molecule has 1 aliphatic rings. The number of hydrogen-bond acceptors (Lipinski definition) is 5. The Labute approximate surface area is 163 Å². The highest BCUT2D eigenvalue weighted by molar-refractivity contribution is 6.01. The van der Waals surface area contributed by atoms with Gasteiger partial charge >= 0.3 is 0 Å². The van der Waals surface area contributed by atoms with E-state index in [1.165, 1.54) is 10.9 Å². The van der Waals surface area contributed by atoms with Crippen molar-refractivity contribution in [2.75, 3.05) is 0 Å². The van der Waals surface area contributed by atoms with Crippen LogP contribution in [0.15, 0.2) is 36.0 Å². The third kappa shape index (κ3) is 3.85. The van der Waals surface area contributed by atoms with Crippen molar-refractivity contribution in [3.05, 3.63) is 53.6 Å². The van der Waals surface area contributed by atoms with Crippen LogP contribution in [0, 0.1) is 16.7 Å². The molecule has 0 spiro atoms. The Morgan fingerprint density at radius 3 is 2.86 bits per heavy atom. The minimum absolute atomic E-state index is 0.00509. The first kappa shape index (κ1) is 19.9. The lowest BCUT2D eigenvalue weighted by molar-refractivity contribution is 0.404. The third-order valence-electron chi connectivity index (χ3n) is 4.83. The molecule has 0 aromatic carbocycles. The lowest BCUT2D eigenvalue weighted by Gasteiger charge is -2.17. The van der Waals surface area contributed by atoms with Crippen LogP contribution in [0.3, 0.4) is 0 Å². The molecule has 3 heterocycles. The molecule has 0 bridgehead atoms. The molecule has 7 nitrogen and oxygen atoms in total. The Morgan fingerprint density at radius 1 is 1.36 bits per heavy atom. The number of hydrogen-bond donors (Lipinski definition) is 2. The fraction of sp³-hybridized carbons (Fsp3) is 0.450. The largest absolute Gasteiger partial charge is 0.324 e. The number of aliphatic imine (C=N–C) groups is 1. The number of aromatic nitrogens is 4. The van der Waals surface area contributed by atoms with E-state index in [1.807, 2.05) is 31.4 Å². The summed E-state index contributed by atoms with van der Waals surface area (Å²) >= 11 is 0. The van der Waals surface area contributed by atoms with E-state index in [0.29, 0.717) is 43.2 Å². The van der Waals surface area contributed by atoms with Gasteiger partial charge in [0.05, 0.1) is 12.2 Å². The molecule has 2 aromatic rings. The van der Waals surface area contributed by atoms with Crippen LogP contribution in [0.2, 0.25) is 0 Å². The van der Waals surface area contributed by atoms with E-state index < -0.39 is 6.17 Å². The molecule has 2 N–H and O–H groups in total. The molecule has 0 saturated carbocycles. The van der Waals surface area contributed by atoms with Crippen molar-refractivity contribution in [1.82, 2.24) is 19.1 Å². The van der Waals surface area contributed by atoms with Gasteiger partial charge in [0.15, 0.2) is 5.82 Å². The Hall–Kier alpha value is -2.90. The second kappa shape index (κ2) is 8.41. The molecule has 2 aromatic heterocycles. The van der Waals surface area contributed by atoms with Crippen LogP contribution < -0.4 is 5.49 Å². The van der Waals surface area contributed by atoms with E-state index in [4.69, 9.17) is 10.8 Å². The highest BCUT2D eigenvalue weighted by Gasteiger charge is 2.22. The number of nitrogens with one attached hydrogen (secondary N) is 2. The third-order valence-corrected chi connectivity index (χ3v) is 4.83. The van der Waals surface area contributed by atoms with Gasteiger partial charge in [-0.25, -0.2) is 14.4 Å². The molecule has 0 radical (unpaired) electrons. The molecule has 0 saturated heterocycles. The summed E-state index contributed by atoms with van der Waals surface area (Å²) < 4.78 is 17.9. The topological polar surface area (TPSA) is 95.7 Å². The summed E-state index contributed by atoms with van der Waals surface area (Å²) in [7, 11) is 0. The van der Waals surface area contributed by atoms with Gasteiger partial charge < -0.3 is 4.57 Å². The van der Waals surface area contributed by atoms with Crippen LogP contribution in [-0.2, 0) is 13.0 Å². The van der Waals surface area contributed by atoms with E-state index in [2.05, 4.69) is 15.0 Å². The first-order valence-corrected chi connectivity index (χ1v) is 9.55. The van der Waals surface area contributed by atoms with Gasteiger partial charge in [0.1, 0.15) is 29.5 Å². The van der Waals surface area contributed by atoms with E-state index in [0.717, 1.165) is 11.3 Å². The first-order chi connectivity index (χ1) is 13.4. The summed E-state index contributed by atoms with van der Waals surface area (Å²) in [4.78, 5) is 13.1. The van der Waals surface area contributed by atoms with Crippen molar-refractivity contribution in [3.8, 4) is 0 Å². The number of nitrogens with zero attached hydrogens (tertiary/aromatic N) is 5. The molecule has 1 unspecified atom stereocenters. The quantitative estimate of drug-likeness (QED) is 0.613. The number of halogens is 1. The number of imidazole rings is 1. The van der Waals surface area contributed by atoms with E-state index in [9.17, 15) is 4.39 Å². The predicted octanol–water partition coefficient (Wildman–Crippen LogP) is 3.09. The zero-order valence-corrected chi connectivity index (χ0v) is 16.5. The monoisotopic (exact) mass is 383 g/mol. The maximum atomic E-state index is 14.5. The van der Waals surface area contributed by atoms with Crippen molar-refractivity contribution in [1.29, 1.82) is 10.8 Å². The van der Waals surface area contributed by atoms with Gasteiger partial charge in [-0.15, -0.1) is 0 Å². The van der Waals surface area contributed by atoms with Crippen LogP contribution in [0.1, 0.15) is 50.7 Å². The number of rotatable bonds is 5. The van der Waals surface area contributed by atoms with Crippen molar-refractivity contribution in [2.24, 2.45) is 10.9 Å². The van der Waals surface area contributed by atoms with E-state index >= 15 is 0 Å². The molecule has 1 aliphatic heterocycles. The molecule has 8 heteroatoms. The van der Waals surface area contributed by atoms with E-state index in [1.54, 1.807) is 18.6 Å². The highest BCUT2D eigenvalue weighted by Crippen LogP contribution is 2.16. The zero-order valence-electron chi connectivity index (χ0n) is 16.5. The summed E-state index contributed by atoms with van der Waals surface area (Å²) in [5.74, 6) is 0.817. The zero-order chi connectivity index (χ0) is 20.3. The van der Waals surface area contributed by atoms with Crippen LogP contribution in [0.4, 0.5) is 4.39 Å². The maximum Gasteiger partial charge on any atom is 0.157 e. The van der Waals surface area contributed by atoms with Gasteiger partial charge in [-0.1, -0.05) is 26.8 Å². The first-order valence-electron chi connectivity index (χ1n) is 9.55. The van der Waals surface area contributed by atoms with Gasteiger partial charge in [-0.2, -0.15) is 0 Å². The average molecular weight is 383 g/mol. The molecule has 0 amide bonds. The smallest absolute Gasteiger partial charge is 0.157 e. The summed E-state index contributed by atoms with van der Waals surface area (Å²) in [6, 6.07) is 0. The van der Waals surface area contributed by atoms with Crippen LogP contribution in [0.5, 0.6) is 0 Å². The number of allylic oxidation sites excluding steroid dienone is 1. The Morgan fingerprint density at radius 2 is 2.14 bits per heavy atom. The molecular formula is C20H26FN7. The van der Waals surface area contributed by atoms with Gasteiger partial charge in [-0.3, -0.25) is 20.4 Å². The minimum Gasteiger partial charge on any atom is -0.324 e. The van der Waals surface area contributed by atoms with E-state index in [-0.39, 0.29) is 11.4 Å². The van der Waals surface area contributed by atoms with Crippen molar-refractivity contribution < 1.29 is 4.39 Å². The summed E-state index contributed by atoms with van der Waals surface area (Å²) in [6.07, 6.45) is 8.92. The Kier molecular flexibility index (Phi) is 5.96. The van der Waals surface area contributed by atoms with Crippen LogP contribution in [0.25, 0.3) is 0 Å². The molecular weight excluding hydrogens is 357 g/mol. The van der Waals surface area contributed by atoms with Gasteiger partial charge in [0.2, 0.25) is 0 Å². The maximum absolute atomic E-state index is 14.5. The molecule has 0 fully saturated rings. The van der Waals surface area contributed by atoms with Gasteiger partial charge in [-0.05, 0) is 19.3 Å². The lowest BCUT2D eigenvalue weighted by atomic mass is 10.1. The normalized spacial score (nSPS) is 16.9. The van der Waals surface area contributed by atoms with Crippen molar-refractivity contribution >= 4 is 11.5 Å². The standard InChI is InChI=1S/C20H26FN7/c1-4-14-16(26-12-28(19(14)23)18(22)13(2)3)11-27-10-9-25-20(27)17-15(21)7-5-6-8-24-17/h6,8-10,12-13,15,22-23H,4-5,7,11H2,1-3H3. The highest BCUT2D eigenvalue weighted by atomic mass is 19.1. The molecule has 28 heavy (non-hydrogen) atoms. The van der Waals surface area contributed by atoms with Crippen LogP contribution in [-0.4, -0.2) is 36.8 Å². The summed E-state index contributed by atoms with van der Waals surface area (Å²) in [6.45, 7) is 6.17. The molecule has 1 atom stereocenters. The molecule has 148 valence electrons. The molecule has 0 aliphatic carbocycles. The minimum atomic E-state index is -1.16. The van der Waals surface area contributed by atoms with Crippen molar-refractivity contribution in [3.63, 3.8) is 0 Å². The molecule has 3 rings (SSSR count). The summed E-state index contributed by atoms with van der Waals surface area (Å²) in [5.41, 5.74) is 2.09. The summed E-state index contributed by atoms with van der Waals surface area (Å²) in [5, 5.41) is 16.7. The second-order valence-corrected chi connectivity index (χ2v) is 7.10. The van der Waals surface area contributed by atoms with Gasteiger partial charge in [0, 0.05) is 30.1 Å².